The number of carbonyl (C=O) groups is 1. The first-order valence-electron chi connectivity index (χ1n) is 9.84. The zero-order valence-corrected chi connectivity index (χ0v) is 17.9. The van der Waals surface area contributed by atoms with Crippen LogP contribution in [0.5, 0.6) is 5.75 Å². The van der Waals surface area contributed by atoms with E-state index in [1.165, 1.54) is 10.4 Å². The van der Waals surface area contributed by atoms with Crippen LogP contribution in [0.1, 0.15) is 30.0 Å². The molecule has 2 aromatic carbocycles. The zero-order valence-electron chi connectivity index (χ0n) is 17.1. The molecule has 0 atom stereocenters. The van der Waals surface area contributed by atoms with E-state index in [1.807, 2.05) is 26.0 Å². The Balaban J connectivity index is 1.54. The van der Waals surface area contributed by atoms with E-state index in [2.05, 4.69) is 40.9 Å². The zero-order chi connectivity index (χ0) is 21.3. The minimum absolute atomic E-state index is 0.0189. The largest absolute Gasteiger partial charge is 0.490 e. The first-order chi connectivity index (χ1) is 14.6. The summed E-state index contributed by atoms with van der Waals surface area (Å²) in [6, 6.07) is 17.9. The van der Waals surface area contributed by atoms with E-state index in [9.17, 15) is 4.79 Å². The summed E-state index contributed by atoms with van der Waals surface area (Å²) in [5.74, 6) is -0.190. The molecular weight excluding hydrogens is 398 g/mol. The van der Waals surface area contributed by atoms with Gasteiger partial charge in [-0.05, 0) is 53.1 Å². The van der Waals surface area contributed by atoms with Crippen molar-refractivity contribution in [2.75, 3.05) is 13.2 Å². The van der Waals surface area contributed by atoms with Gasteiger partial charge in [0.2, 0.25) is 0 Å². The van der Waals surface area contributed by atoms with E-state index < -0.39 is 5.97 Å². The van der Waals surface area contributed by atoms with E-state index in [4.69, 9.17) is 14.7 Å². The summed E-state index contributed by atoms with van der Waals surface area (Å²) < 4.78 is 5.75. The molecule has 0 radical (unpaired) electrons. The number of carboxylic acids is 1. The Morgan fingerprint density at radius 3 is 2.53 bits per heavy atom. The molecule has 0 fully saturated rings. The third-order valence-corrected chi connectivity index (χ3v) is 5.62. The van der Waals surface area contributed by atoms with Crippen LogP contribution in [0.25, 0.3) is 10.4 Å². The molecule has 0 amide bonds. The van der Waals surface area contributed by atoms with Crippen LogP contribution in [0.4, 0.5) is 0 Å². The van der Waals surface area contributed by atoms with Crippen LogP contribution in [-0.2, 0) is 16.1 Å². The van der Waals surface area contributed by atoms with E-state index in [0.717, 1.165) is 28.8 Å². The van der Waals surface area contributed by atoms with Gasteiger partial charge in [0.1, 0.15) is 12.4 Å². The van der Waals surface area contributed by atoms with Crippen molar-refractivity contribution in [2.24, 2.45) is 5.16 Å². The number of ether oxygens (including phenoxy) is 1. The molecule has 1 N–H and O–H groups in total. The third-order valence-electron chi connectivity index (χ3n) is 4.70. The predicted molar refractivity (Wildman–Crippen MR) is 121 cm³/mol. The van der Waals surface area contributed by atoms with Crippen molar-refractivity contribution in [2.45, 2.75) is 26.7 Å². The third kappa shape index (κ3) is 5.70. The highest BCUT2D eigenvalue weighted by molar-refractivity contribution is 7.13. The van der Waals surface area contributed by atoms with E-state index in [-0.39, 0.29) is 6.42 Å². The Kier molecular flexibility index (Phi) is 7.63. The summed E-state index contributed by atoms with van der Waals surface area (Å²) in [6.45, 7) is 4.54. The molecule has 0 saturated carbocycles. The van der Waals surface area contributed by atoms with Gasteiger partial charge in [0.25, 0.3) is 0 Å². The fourth-order valence-corrected chi connectivity index (χ4v) is 3.81. The fraction of sp³-hybridized carbons (Fsp3) is 0.250. The van der Waals surface area contributed by atoms with Gasteiger partial charge in [-0.2, -0.15) is 0 Å². The van der Waals surface area contributed by atoms with Gasteiger partial charge in [-0.25, -0.2) is 0 Å². The summed E-state index contributed by atoms with van der Waals surface area (Å²) in [6.07, 6.45) is 0.741. The lowest BCUT2D eigenvalue weighted by molar-refractivity contribution is -0.136. The molecular formula is C24H25NO4S. The molecule has 3 aromatic rings. The molecule has 30 heavy (non-hydrogen) atoms. The maximum Gasteiger partial charge on any atom is 0.307 e. The monoisotopic (exact) mass is 423 g/mol. The maximum absolute atomic E-state index is 10.9. The van der Waals surface area contributed by atoms with Gasteiger partial charge in [-0.1, -0.05) is 54.5 Å². The van der Waals surface area contributed by atoms with Gasteiger partial charge in [-0.15, -0.1) is 11.3 Å². The molecule has 0 spiro atoms. The molecule has 0 aliphatic rings. The van der Waals surface area contributed by atoms with Crippen LogP contribution in [-0.4, -0.2) is 30.0 Å². The predicted octanol–water partition coefficient (Wildman–Crippen LogP) is 5.56. The highest BCUT2D eigenvalue weighted by atomic mass is 32.1. The molecule has 0 aliphatic heterocycles. The lowest BCUT2D eigenvalue weighted by Crippen LogP contribution is -2.08. The summed E-state index contributed by atoms with van der Waals surface area (Å²) in [7, 11) is 0. The van der Waals surface area contributed by atoms with Crippen LogP contribution in [0.3, 0.4) is 0 Å². The average Bonchev–Trinajstić information content (AvgIpc) is 3.28. The second-order valence-corrected chi connectivity index (χ2v) is 7.69. The lowest BCUT2D eigenvalue weighted by Gasteiger charge is -2.11. The van der Waals surface area contributed by atoms with Crippen molar-refractivity contribution in [1.82, 2.24) is 0 Å². The van der Waals surface area contributed by atoms with Crippen LogP contribution in [0.15, 0.2) is 65.1 Å². The van der Waals surface area contributed by atoms with Crippen LogP contribution < -0.4 is 4.74 Å². The quantitative estimate of drug-likeness (QED) is 0.263. The molecule has 0 bridgehead atoms. The number of oxime groups is 1. The van der Waals surface area contributed by atoms with Gasteiger partial charge in [0.05, 0.1) is 12.1 Å². The number of rotatable bonds is 10. The van der Waals surface area contributed by atoms with Crippen molar-refractivity contribution in [1.29, 1.82) is 0 Å². The normalized spacial score (nSPS) is 11.3. The number of carboxylic acid groups (broad SMARTS) is 1. The topological polar surface area (TPSA) is 68.1 Å². The van der Waals surface area contributed by atoms with Crippen LogP contribution in [0.2, 0.25) is 0 Å². The Hall–Kier alpha value is -3.12. The Bertz CT molecular complexity index is 995. The molecule has 1 heterocycles. The highest BCUT2D eigenvalue weighted by Crippen LogP contribution is 2.25. The number of hydrogen-bond acceptors (Lipinski definition) is 5. The summed E-state index contributed by atoms with van der Waals surface area (Å²) in [4.78, 5) is 17.7. The number of nitrogens with zero attached hydrogens (tertiary/aromatic N) is 1. The van der Waals surface area contributed by atoms with Gasteiger partial charge < -0.3 is 14.7 Å². The van der Waals surface area contributed by atoms with Crippen molar-refractivity contribution < 1.29 is 19.5 Å². The van der Waals surface area contributed by atoms with Gasteiger partial charge in [0.15, 0.2) is 6.61 Å². The standard InChI is InChI=1S/C24H25NO4S/c1-3-21(18-9-11-19(12-10-18)23-8-5-15-30-23)25-29-14-13-28-22-7-4-6-20(17(22)2)16-24(26)27/h4-12,15H,3,13-14,16H2,1-2H3,(H,26,27)/b25-21+. The highest BCUT2D eigenvalue weighted by Gasteiger charge is 2.09. The number of aliphatic carboxylic acids is 1. The van der Waals surface area contributed by atoms with E-state index >= 15 is 0 Å². The maximum atomic E-state index is 10.9. The first-order valence-corrected chi connectivity index (χ1v) is 10.7. The minimum Gasteiger partial charge on any atom is -0.490 e. The van der Waals surface area contributed by atoms with Gasteiger partial charge in [0, 0.05) is 4.88 Å². The molecule has 0 saturated heterocycles. The molecule has 3 rings (SSSR count). The van der Waals surface area contributed by atoms with Crippen molar-refractivity contribution in [3.63, 3.8) is 0 Å². The Morgan fingerprint density at radius 2 is 1.87 bits per heavy atom. The van der Waals surface area contributed by atoms with Crippen molar-refractivity contribution in [3.8, 4) is 16.2 Å². The molecule has 1 aromatic heterocycles. The average molecular weight is 424 g/mol. The second-order valence-electron chi connectivity index (χ2n) is 6.74. The van der Waals surface area contributed by atoms with Crippen molar-refractivity contribution >= 4 is 23.0 Å². The summed E-state index contributed by atoms with van der Waals surface area (Å²) in [5.41, 5.74) is 4.70. The molecule has 156 valence electrons. The minimum atomic E-state index is -0.858. The van der Waals surface area contributed by atoms with Crippen LogP contribution >= 0.6 is 11.3 Å². The molecule has 0 aliphatic carbocycles. The molecule has 0 unspecified atom stereocenters. The first kappa shape index (κ1) is 21.6. The number of hydrogen-bond donors (Lipinski definition) is 1. The molecule has 6 heteroatoms. The lowest BCUT2D eigenvalue weighted by atomic mass is 10.1. The van der Waals surface area contributed by atoms with Crippen LogP contribution in [0, 0.1) is 6.92 Å². The fourth-order valence-electron chi connectivity index (χ4n) is 3.07. The Morgan fingerprint density at radius 1 is 1.07 bits per heavy atom. The van der Waals surface area contributed by atoms with E-state index in [0.29, 0.717) is 19.0 Å². The SMILES string of the molecule is CC/C(=N\OCCOc1cccc(CC(=O)O)c1C)c1ccc(-c2cccs2)cc1. The summed E-state index contributed by atoms with van der Waals surface area (Å²) in [5, 5.41) is 15.3. The molecule has 5 nitrogen and oxygen atoms in total. The van der Waals surface area contributed by atoms with Gasteiger partial charge >= 0.3 is 5.97 Å². The Labute approximate surface area is 180 Å². The number of thiophene rings is 1. The second kappa shape index (κ2) is 10.6. The smallest absolute Gasteiger partial charge is 0.307 e. The van der Waals surface area contributed by atoms with Gasteiger partial charge in [-0.3, -0.25) is 4.79 Å². The number of benzene rings is 2. The van der Waals surface area contributed by atoms with E-state index in [1.54, 1.807) is 23.5 Å². The summed E-state index contributed by atoms with van der Waals surface area (Å²) >= 11 is 1.72. The van der Waals surface area contributed by atoms with Crippen molar-refractivity contribution in [3.05, 3.63) is 76.7 Å².